The second-order valence-corrected chi connectivity index (χ2v) is 6.33. The Balaban J connectivity index is 1.58. The molecule has 0 unspecified atom stereocenters. The maximum atomic E-state index is 12.3. The van der Waals surface area contributed by atoms with E-state index in [0.29, 0.717) is 5.75 Å². The normalized spacial score (nSPS) is 11.1. The third-order valence-corrected chi connectivity index (χ3v) is 4.50. The topological polar surface area (TPSA) is 39.4 Å². The number of benzene rings is 3. The molecular formula is C22H18O3. The molecule has 25 heavy (non-hydrogen) atoms. The van der Waals surface area contributed by atoms with E-state index in [1.54, 1.807) is 6.07 Å². The Morgan fingerprint density at radius 1 is 0.880 bits per heavy atom. The van der Waals surface area contributed by atoms with Gasteiger partial charge in [-0.2, -0.15) is 0 Å². The number of rotatable bonds is 3. The van der Waals surface area contributed by atoms with Gasteiger partial charge < -0.3 is 9.15 Å². The van der Waals surface area contributed by atoms with Gasteiger partial charge in [-0.25, -0.2) is 0 Å². The maximum absolute atomic E-state index is 12.3. The summed E-state index contributed by atoms with van der Waals surface area (Å²) >= 11 is 0. The van der Waals surface area contributed by atoms with Crippen molar-refractivity contribution in [1.82, 2.24) is 0 Å². The van der Waals surface area contributed by atoms with Crippen LogP contribution >= 0.6 is 0 Å². The molecule has 0 atom stereocenters. The van der Waals surface area contributed by atoms with Crippen molar-refractivity contribution in [2.24, 2.45) is 0 Å². The first-order valence-electron chi connectivity index (χ1n) is 8.28. The van der Waals surface area contributed by atoms with Crippen LogP contribution in [0, 0.1) is 13.8 Å². The number of para-hydroxylation sites is 1. The highest BCUT2D eigenvalue weighted by Crippen LogP contribution is 2.31. The van der Waals surface area contributed by atoms with Gasteiger partial charge in [0, 0.05) is 10.8 Å². The first kappa shape index (κ1) is 15.5. The number of esters is 1. The van der Waals surface area contributed by atoms with Gasteiger partial charge in [-0.15, -0.1) is 0 Å². The lowest BCUT2D eigenvalue weighted by Crippen LogP contribution is -2.11. The number of hydrogen-bond donors (Lipinski definition) is 0. The summed E-state index contributed by atoms with van der Waals surface area (Å²) in [4.78, 5) is 12.3. The van der Waals surface area contributed by atoms with Gasteiger partial charge in [0.2, 0.25) is 0 Å². The Labute approximate surface area is 145 Å². The number of carbonyl (C=O) groups excluding carboxylic acids is 1. The summed E-state index contributed by atoms with van der Waals surface area (Å²) in [5.74, 6) is 0.267. The van der Waals surface area contributed by atoms with Gasteiger partial charge in [-0.3, -0.25) is 4.79 Å². The zero-order chi connectivity index (χ0) is 17.4. The minimum atomic E-state index is -0.268. The van der Waals surface area contributed by atoms with Crippen LogP contribution in [-0.2, 0) is 11.2 Å². The van der Waals surface area contributed by atoms with Crippen molar-refractivity contribution in [3.05, 3.63) is 77.4 Å². The van der Waals surface area contributed by atoms with E-state index in [0.717, 1.165) is 27.5 Å². The van der Waals surface area contributed by atoms with Gasteiger partial charge in [0.15, 0.2) is 0 Å². The Morgan fingerprint density at radius 3 is 2.52 bits per heavy atom. The Kier molecular flexibility index (Phi) is 3.77. The van der Waals surface area contributed by atoms with Crippen LogP contribution in [0.1, 0.15) is 16.7 Å². The molecule has 0 bridgehead atoms. The molecule has 0 fully saturated rings. The summed E-state index contributed by atoms with van der Waals surface area (Å²) in [6.45, 7) is 4.10. The quantitative estimate of drug-likeness (QED) is 0.375. The van der Waals surface area contributed by atoms with Crippen LogP contribution < -0.4 is 4.74 Å². The lowest BCUT2D eigenvalue weighted by molar-refractivity contribution is -0.133. The highest BCUT2D eigenvalue weighted by molar-refractivity contribution is 6.05. The van der Waals surface area contributed by atoms with Gasteiger partial charge in [0.25, 0.3) is 0 Å². The first-order valence-corrected chi connectivity index (χ1v) is 8.28. The molecule has 0 N–H and O–H groups in total. The average molecular weight is 330 g/mol. The minimum absolute atomic E-state index is 0.255. The standard InChI is InChI=1S/C22H18O3/c1-14-7-8-16(11-15(14)2)12-22(23)24-17-9-10-21-19(13-17)18-5-3-4-6-20(18)25-21/h3-11,13H,12H2,1-2H3. The third kappa shape index (κ3) is 3.01. The molecule has 0 saturated carbocycles. The number of hydrogen-bond acceptors (Lipinski definition) is 3. The molecule has 0 aliphatic rings. The molecule has 0 amide bonds. The summed E-state index contributed by atoms with van der Waals surface area (Å²) in [7, 11) is 0. The summed E-state index contributed by atoms with van der Waals surface area (Å²) in [6, 6.07) is 19.3. The van der Waals surface area contributed by atoms with Crippen molar-refractivity contribution in [2.45, 2.75) is 20.3 Å². The van der Waals surface area contributed by atoms with Gasteiger partial charge in [-0.05, 0) is 54.8 Å². The average Bonchev–Trinajstić information content (AvgIpc) is 2.96. The fourth-order valence-electron chi connectivity index (χ4n) is 3.02. The molecule has 1 aromatic heterocycles. The minimum Gasteiger partial charge on any atom is -0.456 e. The number of fused-ring (bicyclic) bond motifs is 3. The molecule has 0 spiro atoms. The smallest absolute Gasteiger partial charge is 0.315 e. The molecule has 1 heterocycles. The second kappa shape index (κ2) is 6.10. The van der Waals surface area contributed by atoms with E-state index in [1.165, 1.54) is 11.1 Å². The summed E-state index contributed by atoms with van der Waals surface area (Å²) in [5.41, 5.74) is 4.97. The largest absolute Gasteiger partial charge is 0.456 e. The van der Waals surface area contributed by atoms with Crippen LogP contribution in [0.5, 0.6) is 5.75 Å². The fraction of sp³-hybridized carbons (Fsp3) is 0.136. The molecule has 0 radical (unpaired) electrons. The van der Waals surface area contributed by atoms with Crippen molar-refractivity contribution in [3.63, 3.8) is 0 Å². The van der Waals surface area contributed by atoms with Crippen molar-refractivity contribution in [3.8, 4) is 5.75 Å². The predicted octanol–water partition coefficient (Wildman–Crippen LogP) is 5.35. The van der Waals surface area contributed by atoms with Crippen LogP contribution in [0.3, 0.4) is 0 Å². The van der Waals surface area contributed by atoms with Crippen molar-refractivity contribution < 1.29 is 13.9 Å². The van der Waals surface area contributed by atoms with Crippen LogP contribution in [0.25, 0.3) is 21.9 Å². The molecule has 3 heteroatoms. The maximum Gasteiger partial charge on any atom is 0.315 e. The number of carbonyl (C=O) groups is 1. The molecule has 4 aromatic rings. The SMILES string of the molecule is Cc1ccc(CC(=O)Oc2ccc3oc4ccccc4c3c2)cc1C. The zero-order valence-electron chi connectivity index (χ0n) is 14.2. The van der Waals surface area contributed by atoms with E-state index in [-0.39, 0.29) is 12.4 Å². The Bertz CT molecular complexity index is 1090. The number of aryl methyl sites for hydroxylation is 2. The fourth-order valence-corrected chi connectivity index (χ4v) is 3.02. The zero-order valence-corrected chi connectivity index (χ0v) is 14.2. The number of ether oxygens (including phenoxy) is 1. The van der Waals surface area contributed by atoms with E-state index < -0.39 is 0 Å². The third-order valence-electron chi connectivity index (χ3n) is 4.50. The highest BCUT2D eigenvalue weighted by Gasteiger charge is 2.11. The van der Waals surface area contributed by atoms with E-state index in [2.05, 4.69) is 6.92 Å². The molecule has 3 nitrogen and oxygen atoms in total. The summed E-state index contributed by atoms with van der Waals surface area (Å²) < 4.78 is 11.3. The van der Waals surface area contributed by atoms with Crippen molar-refractivity contribution in [2.75, 3.05) is 0 Å². The van der Waals surface area contributed by atoms with Crippen LogP contribution in [-0.4, -0.2) is 5.97 Å². The van der Waals surface area contributed by atoms with E-state index >= 15 is 0 Å². The van der Waals surface area contributed by atoms with Crippen molar-refractivity contribution >= 4 is 27.9 Å². The first-order chi connectivity index (χ1) is 12.1. The van der Waals surface area contributed by atoms with Gasteiger partial charge >= 0.3 is 5.97 Å². The van der Waals surface area contributed by atoms with Gasteiger partial charge in [-0.1, -0.05) is 36.4 Å². The Morgan fingerprint density at radius 2 is 1.68 bits per heavy atom. The molecule has 0 aliphatic carbocycles. The van der Waals surface area contributed by atoms with Crippen molar-refractivity contribution in [1.29, 1.82) is 0 Å². The molecule has 0 saturated heterocycles. The molecular weight excluding hydrogens is 312 g/mol. The highest BCUT2D eigenvalue weighted by atomic mass is 16.5. The lowest BCUT2D eigenvalue weighted by atomic mass is 10.0. The van der Waals surface area contributed by atoms with Gasteiger partial charge in [0.1, 0.15) is 16.9 Å². The van der Waals surface area contributed by atoms with Crippen LogP contribution in [0.2, 0.25) is 0 Å². The summed E-state index contributed by atoms with van der Waals surface area (Å²) in [6.07, 6.45) is 0.255. The van der Waals surface area contributed by atoms with E-state index in [1.807, 2.05) is 61.5 Å². The van der Waals surface area contributed by atoms with Gasteiger partial charge in [0.05, 0.1) is 6.42 Å². The molecule has 3 aromatic carbocycles. The van der Waals surface area contributed by atoms with E-state index in [9.17, 15) is 4.79 Å². The number of furan rings is 1. The molecule has 0 aliphatic heterocycles. The van der Waals surface area contributed by atoms with E-state index in [4.69, 9.17) is 9.15 Å². The lowest BCUT2D eigenvalue weighted by Gasteiger charge is -2.06. The van der Waals surface area contributed by atoms with Crippen LogP contribution in [0.4, 0.5) is 0 Å². The molecule has 4 rings (SSSR count). The van der Waals surface area contributed by atoms with Crippen LogP contribution in [0.15, 0.2) is 65.1 Å². The predicted molar refractivity (Wildman–Crippen MR) is 99.0 cm³/mol. The second-order valence-electron chi connectivity index (χ2n) is 6.33. The molecule has 124 valence electrons. The summed E-state index contributed by atoms with van der Waals surface area (Å²) in [5, 5.41) is 1.97. The Hall–Kier alpha value is -3.07. The monoisotopic (exact) mass is 330 g/mol.